The van der Waals surface area contributed by atoms with E-state index < -0.39 is 6.10 Å². The molecule has 0 bridgehead atoms. The van der Waals surface area contributed by atoms with Crippen LogP contribution in [0, 0.1) is 11.3 Å². The molecule has 0 aromatic heterocycles. The molecular weight excluding hydrogens is 386 g/mol. The summed E-state index contributed by atoms with van der Waals surface area (Å²) in [7, 11) is 0. The van der Waals surface area contributed by atoms with Gasteiger partial charge in [-0.1, -0.05) is 41.9 Å². The standard InChI is InChI=1S/C23H26ClN3O2/c1-18(23(28)27-14-12-26(13-15-27)11-5-10-25)29-22-9-3-2-7-20(22)16-19-6-4-8-21(24)17-19/h2-4,6-9,17-18H,5,11-16H2,1H3. The van der Waals surface area contributed by atoms with Crippen molar-refractivity contribution in [2.45, 2.75) is 25.9 Å². The highest BCUT2D eigenvalue weighted by atomic mass is 35.5. The summed E-state index contributed by atoms with van der Waals surface area (Å²) in [6.45, 7) is 5.50. The molecule has 1 fully saturated rings. The molecule has 5 nitrogen and oxygen atoms in total. The Morgan fingerprint density at radius 2 is 1.93 bits per heavy atom. The van der Waals surface area contributed by atoms with Crippen LogP contribution in [0.15, 0.2) is 48.5 Å². The summed E-state index contributed by atoms with van der Waals surface area (Å²) in [5, 5.41) is 9.42. The Morgan fingerprint density at radius 3 is 2.66 bits per heavy atom. The molecule has 1 atom stereocenters. The second-order valence-electron chi connectivity index (χ2n) is 7.25. The SMILES string of the molecule is CC(Oc1ccccc1Cc1cccc(Cl)c1)C(=O)N1CCN(CCC#N)CC1. The summed E-state index contributed by atoms with van der Waals surface area (Å²) in [6, 6.07) is 17.7. The number of piperazine rings is 1. The lowest BCUT2D eigenvalue weighted by atomic mass is 10.0. The van der Waals surface area contributed by atoms with Gasteiger partial charge in [0.15, 0.2) is 6.10 Å². The van der Waals surface area contributed by atoms with Crippen LogP contribution >= 0.6 is 11.6 Å². The minimum absolute atomic E-state index is 0.00231. The molecule has 0 N–H and O–H groups in total. The second kappa shape index (κ2) is 10.3. The summed E-state index contributed by atoms with van der Waals surface area (Å²) < 4.78 is 6.07. The fraction of sp³-hybridized carbons (Fsp3) is 0.391. The van der Waals surface area contributed by atoms with Gasteiger partial charge in [0.05, 0.1) is 6.07 Å². The van der Waals surface area contributed by atoms with E-state index in [4.69, 9.17) is 21.6 Å². The van der Waals surface area contributed by atoms with Gasteiger partial charge in [-0.3, -0.25) is 9.69 Å². The van der Waals surface area contributed by atoms with E-state index in [1.165, 1.54) is 0 Å². The van der Waals surface area contributed by atoms with Crippen LogP contribution in [0.4, 0.5) is 0 Å². The summed E-state index contributed by atoms with van der Waals surface area (Å²) in [6.07, 6.45) is 0.660. The fourth-order valence-electron chi connectivity index (χ4n) is 3.53. The van der Waals surface area contributed by atoms with E-state index in [0.29, 0.717) is 31.0 Å². The molecule has 0 saturated carbocycles. The smallest absolute Gasteiger partial charge is 0.263 e. The normalized spacial score (nSPS) is 15.6. The van der Waals surface area contributed by atoms with Crippen molar-refractivity contribution < 1.29 is 9.53 Å². The van der Waals surface area contributed by atoms with E-state index in [0.717, 1.165) is 36.5 Å². The molecule has 1 aliphatic rings. The first-order valence-electron chi connectivity index (χ1n) is 9.94. The molecule has 0 radical (unpaired) electrons. The number of hydrogen-bond donors (Lipinski definition) is 0. The van der Waals surface area contributed by atoms with Crippen molar-refractivity contribution in [3.63, 3.8) is 0 Å². The Morgan fingerprint density at radius 1 is 1.17 bits per heavy atom. The lowest BCUT2D eigenvalue weighted by Crippen LogP contribution is -2.52. The van der Waals surface area contributed by atoms with Gasteiger partial charge in [-0.05, 0) is 36.2 Å². The van der Waals surface area contributed by atoms with Gasteiger partial charge in [0.2, 0.25) is 0 Å². The fourth-order valence-corrected chi connectivity index (χ4v) is 3.74. The van der Waals surface area contributed by atoms with E-state index in [9.17, 15) is 4.79 Å². The molecular formula is C23H26ClN3O2. The quantitative estimate of drug-likeness (QED) is 0.696. The van der Waals surface area contributed by atoms with Crippen molar-refractivity contribution in [1.82, 2.24) is 9.80 Å². The van der Waals surface area contributed by atoms with Gasteiger partial charge in [0.25, 0.3) is 5.91 Å². The van der Waals surface area contributed by atoms with Crippen LogP contribution in [0.2, 0.25) is 5.02 Å². The maximum absolute atomic E-state index is 12.9. The van der Waals surface area contributed by atoms with Gasteiger partial charge in [-0.2, -0.15) is 5.26 Å². The average molecular weight is 412 g/mol. The molecule has 1 amide bonds. The van der Waals surface area contributed by atoms with Crippen LogP contribution in [0.25, 0.3) is 0 Å². The Balaban J connectivity index is 1.60. The van der Waals surface area contributed by atoms with Crippen LogP contribution in [-0.2, 0) is 11.2 Å². The summed E-state index contributed by atoms with van der Waals surface area (Å²) in [4.78, 5) is 16.9. The molecule has 1 aliphatic heterocycles. The van der Waals surface area contributed by atoms with Gasteiger partial charge < -0.3 is 9.64 Å². The number of ether oxygens (including phenoxy) is 1. The number of nitrogens with zero attached hydrogens (tertiary/aromatic N) is 3. The van der Waals surface area contributed by atoms with Gasteiger partial charge in [0, 0.05) is 50.6 Å². The van der Waals surface area contributed by atoms with E-state index in [1.54, 1.807) is 6.92 Å². The maximum atomic E-state index is 12.9. The molecule has 3 rings (SSSR count). The molecule has 0 spiro atoms. The zero-order chi connectivity index (χ0) is 20.6. The van der Waals surface area contributed by atoms with Crippen molar-refractivity contribution in [3.05, 3.63) is 64.7 Å². The van der Waals surface area contributed by atoms with E-state index in [-0.39, 0.29) is 5.91 Å². The first-order valence-corrected chi connectivity index (χ1v) is 10.3. The molecule has 0 aliphatic carbocycles. The van der Waals surface area contributed by atoms with Gasteiger partial charge in [0.1, 0.15) is 5.75 Å². The van der Waals surface area contributed by atoms with Crippen molar-refractivity contribution in [2.75, 3.05) is 32.7 Å². The third-order valence-electron chi connectivity index (χ3n) is 5.13. The number of halogens is 1. The van der Waals surface area contributed by atoms with Gasteiger partial charge >= 0.3 is 0 Å². The van der Waals surface area contributed by atoms with Crippen LogP contribution in [0.3, 0.4) is 0 Å². The zero-order valence-corrected chi connectivity index (χ0v) is 17.4. The van der Waals surface area contributed by atoms with Crippen LogP contribution in [0.5, 0.6) is 5.75 Å². The van der Waals surface area contributed by atoms with E-state index >= 15 is 0 Å². The number of amides is 1. The highest BCUT2D eigenvalue weighted by molar-refractivity contribution is 6.30. The van der Waals surface area contributed by atoms with Crippen LogP contribution in [0.1, 0.15) is 24.5 Å². The molecule has 1 heterocycles. The van der Waals surface area contributed by atoms with Crippen molar-refractivity contribution in [2.24, 2.45) is 0 Å². The third-order valence-corrected chi connectivity index (χ3v) is 5.37. The number of nitriles is 1. The number of benzene rings is 2. The molecule has 1 saturated heterocycles. The second-order valence-corrected chi connectivity index (χ2v) is 7.69. The Labute approximate surface area is 177 Å². The molecule has 2 aromatic rings. The van der Waals surface area contributed by atoms with Gasteiger partial charge in [-0.15, -0.1) is 0 Å². The van der Waals surface area contributed by atoms with Crippen LogP contribution < -0.4 is 4.74 Å². The Bertz CT molecular complexity index is 872. The zero-order valence-electron chi connectivity index (χ0n) is 16.7. The number of carbonyl (C=O) groups is 1. The number of hydrogen-bond acceptors (Lipinski definition) is 4. The Hall–Kier alpha value is -2.55. The van der Waals surface area contributed by atoms with Crippen LogP contribution in [-0.4, -0.2) is 54.5 Å². The predicted molar refractivity (Wildman–Crippen MR) is 114 cm³/mol. The number of carbonyl (C=O) groups excluding carboxylic acids is 1. The maximum Gasteiger partial charge on any atom is 0.263 e. The molecule has 6 heteroatoms. The highest BCUT2D eigenvalue weighted by Gasteiger charge is 2.26. The highest BCUT2D eigenvalue weighted by Crippen LogP contribution is 2.24. The van der Waals surface area contributed by atoms with Crippen molar-refractivity contribution in [1.29, 1.82) is 5.26 Å². The first-order chi connectivity index (χ1) is 14.1. The average Bonchev–Trinajstić information content (AvgIpc) is 2.73. The monoisotopic (exact) mass is 411 g/mol. The minimum Gasteiger partial charge on any atom is -0.481 e. The lowest BCUT2D eigenvalue weighted by Gasteiger charge is -2.35. The molecule has 29 heavy (non-hydrogen) atoms. The van der Waals surface area contributed by atoms with Gasteiger partial charge in [-0.25, -0.2) is 0 Å². The largest absolute Gasteiger partial charge is 0.481 e. The van der Waals surface area contributed by atoms with E-state index in [2.05, 4.69) is 11.0 Å². The predicted octanol–water partition coefficient (Wildman–Crippen LogP) is 3.76. The van der Waals surface area contributed by atoms with Crippen molar-refractivity contribution >= 4 is 17.5 Å². The minimum atomic E-state index is -0.554. The molecule has 2 aromatic carbocycles. The summed E-state index contributed by atoms with van der Waals surface area (Å²) >= 11 is 6.10. The summed E-state index contributed by atoms with van der Waals surface area (Å²) in [5.41, 5.74) is 2.12. The number of rotatable bonds is 7. The molecule has 1 unspecified atom stereocenters. The van der Waals surface area contributed by atoms with Crippen molar-refractivity contribution in [3.8, 4) is 11.8 Å². The number of para-hydroxylation sites is 1. The Kier molecular flexibility index (Phi) is 7.51. The first kappa shape index (κ1) is 21.2. The lowest BCUT2D eigenvalue weighted by molar-refractivity contribution is -0.139. The topological polar surface area (TPSA) is 56.6 Å². The third kappa shape index (κ3) is 5.96. The molecule has 152 valence electrons. The van der Waals surface area contributed by atoms with E-state index in [1.807, 2.05) is 53.4 Å². The summed E-state index contributed by atoms with van der Waals surface area (Å²) in [5.74, 6) is 0.725.